The number of cyclic esters (lactones) is 1. The average Bonchev–Trinajstić information content (AvgIpc) is 3.37. The van der Waals surface area contributed by atoms with E-state index in [-0.39, 0.29) is 19.0 Å². The van der Waals surface area contributed by atoms with E-state index in [1.165, 1.54) is 0 Å². The summed E-state index contributed by atoms with van der Waals surface area (Å²) in [5.74, 6) is 0.560. The molecule has 0 unspecified atom stereocenters. The van der Waals surface area contributed by atoms with E-state index in [4.69, 9.17) is 19.2 Å². The minimum atomic E-state index is -1.47. The van der Waals surface area contributed by atoms with Crippen LogP contribution in [0.2, 0.25) is 0 Å². The van der Waals surface area contributed by atoms with Gasteiger partial charge in [0.05, 0.1) is 29.0 Å². The lowest BCUT2D eigenvalue weighted by atomic mass is 9.98. The quantitative estimate of drug-likeness (QED) is 0.477. The Morgan fingerprint density at radius 3 is 2.77 bits per heavy atom. The number of benzene rings is 1. The number of aliphatic hydroxyl groups is 1. The van der Waals surface area contributed by atoms with E-state index in [1.54, 1.807) is 10.6 Å². The van der Waals surface area contributed by atoms with Crippen LogP contribution in [0, 0.1) is 0 Å². The summed E-state index contributed by atoms with van der Waals surface area (Å²) in [7, 11) is 0. The molecule has 1 aromatic carbocycles. The molecular formula is C22H19N3O6. The highest BCUT2D eigenvalue weighted by Gasteiger charge is 2.34. The molecule has 0 bridgehead atoms. The van der Waals surface area contributed by atoms with Crippen molar-refractivity contribution in [3.8, 4) is 22.9 Å². The van der Waals surface area contributed by atoms with E-state index < -0.39 is 12.1 Å². The van der Waals surface area contributed by atoms with Crippen LogP contribution in [0.1, 0.15) is 35.3 Å². The molecule has 0 spiro atoms. The van der Waals surface area contributed by atoms with Crippen LogP contribution < -0.4 is 20.3 Å². The topological polar surface area (TPSA) is 112 Å². The first kappa shape index (κ1) is 18.3. The van der Waals surface area contributed by atoms with E-state index >= 15 is 0 Å². The molecule has 6 rings (SSSR count). The largest absolute Gasteiger partial charge is 0.458 e. The Labute approximate surface area is 176 Å². The third-order valence-electron chi connectivity index (χ3n) is 6.12. The van der Waals surface area contributed by atoms with Crippen molar-refractivity contribution in [2.45, 2.75) is 32.7 Å². The van der Waals surface area contributed by atoms with Gasteiger partial charge in [0.15, 0.2) is 17.6 Å². The molecule has 3 aliphatic rings. The van der Waals surface area contributed by atoms with E-state index in [0.29, 0.717) is 47.1 Å². The van der Waals surface area contributed by atoms with Crippen LogP contribution in [0.5, 0.6) is 11.5 Å². The molecule has 31 heavy (non-hydrogen) atoms. The Morgan fingerprint density at radius 2 is 1.97 bits per heavy atom. The van der Waals surface area contributed by atoms with Gasteiger partial charge in [0.2, 0.25) is 6.79 Å². The molecule has 1 atom stereocenters. The van der Waals surface area contributed by atoms with Crippen LogP contribution in [0.15, 0.2) is 23.0 Å². The fourth-order valence-corrected chi connectivity index (χ4v) is 4.55. The second-order valence-corrected chi connectivity index (χ2v) is 7.79. The molecule has 158 valence electrons. The van der Waals surface area contributed by atoms with Crippen LogP contribution >= 0.6 is 0 Å². The van der Waals surface area contributed by atoms with Crippen molar-refractivity contribution in [1.82, 2.24) is 14.9 Å². The number of rotatable bonds is 3. The Morgan fingerprint density at radius 1 is 1.16 bits per heavy atom. The maximum absolute atomic E-state index is 13.2. The van der Waals surface area contributed by atoms with Gasteiger partial charge in [-0.05, 0) is 24.2 Å². The molecule has 3 aliphatic heterocycles. The van der Waals surface area contributed by atoms with Gasteiger partial charge < -0.3 is 29.2 Å². The molecule has 3 aromatic rings. The molecule has 0 amide bonds. The second kappa shape index (κ2) is 6.53. The van der Waals surface area contributed by atoms with E-state index in [1.807, 2.05) is 19.1 Å². The number of esters is 1. The van der Waals surface area contributed by atoms with Crippen molar-refractivity contribution in [2.75, 3.05) is 13.3 Å². The number of pyridine rings is 2. The predicted octanol–water partition coefficient (Wildman–Crippen LogP) is 1.35. The first-order valence-electron chi connectivity index (χ1n) is 10.1. The molecule has 0 fully saturated rings. The lowest BCUT2D eigenvalue weighted by Crippen LogP contribution is -2.32. The van der Waals surface area contributed by atoms with Crippen LogP contribution in [0.4, 0.5) is 0 Å². The van der Waals surface area contributed by atoms with Crippen molar-refractivity contribution in [1.29, 1.82) is 0 Å². The molecule has 9 nitrogen and oxygen atoms in total. The Hall–Kier alpha value is -3.43. The Balaban J connectivity index is 1.62. The number of nitrogens with one attached hydrogen (secondary N) is 1. The molecular weight excluding hydrogens is 402 g/mol. The monoisotopic (exact) mass is 421 g/mol. The first-order valence-corrected chi connectivity index (χ1v) is 10.1. The summed E-state index contributed by atoms with van der Waals surface area (Å²) in [6.07, 6.45) is -1.47. The zero-order valence-electron chi connectivity index (χ0n) is 16.7. The van der Waals surface area contributed by atoms with Gasteiger partial charge in [0, 0.05) is 29.1 Å². The van der Waals surface area contributed by atoms with Gasteiger partial charge in [-0.2, -0.15) is 0 Å². The highest BCUT2D eigenvalue weighted by atomic mass is 16.7. The van der Waals surface area contributed by atoms with Gasteiger partial charge in [0.25, 0.3) is 5.56 Å². The zero-order chi connectivity index (χ0) is 21.3. The highest BCUT2D eigenvalue weighted by molar-refractivity contribution is 5.91. The molecule has 0 radical (unpaired) electrons. The zero-order valence-corrected chi connectivity index (χ0v) is 16.7. The minimum Gasteiger partial charge on any atom is -0.458 e. The summed E-state index contributed by atoms with van der Waals surface area (Å²) in [4.78, 5) is 29.9. The fourth-order valence-electron chi connectivity index (χ4n) is 4.55. The lowest BCUT2D eigenvalue weighted by Gasteiger charge is -2.21. The van der Waals surface area contributed by atoms with E-state index in [0.717, 1.165) is 28.6 Å². The number of fused-ring (bicyclic) bond motifs is 6. The molecule has 2 aromatic heterocycles. The maximum Gasteiger partial charge on any atom is 0.340 e. The van der Waals surface area contributed by atoms with E-state index in [2.05, 4.69) is 5.32 Å². The van der Waals surface area contributed by atoms with Gasteiger partial charge in [-0.3, -0.25) is 4.79 Å². The van der Waals surface area contributed by atoms with Crippen LogP contribution in [0.25, 0.3) is 22.3 Å². The number of nitrogens with zero attached hydrogens (tertiary/aromatic N) is 2. The number of hydrogen-bond donors (Lipinski definition) is 2. The smallest absolute Gasteiger partial charge is 0.340 e. The van der Waals surface area contributed by atoms with E-state index in [9.17, 15) is 14.7 Å². The third kappa shape index (κ3) is 2.53. The first-order chi connectivity index (χ1) is 15.1. The number of aromatic nitrogens is 2. The number of aliphatic hydroxyl groups excluding tert-OH is 1. The average molecular weight is 421 g/mol. The standard InChI is InChI=1S/C22H19N3O6/c1-2-23-6-12-10-4-17-18(31-9-30-17)5-15(10)24-19-13(12)7-25-16(19)3-11-14(21(25)27)8-29-22(28)20(11)26/h3-5,20,23,26H,2,6-9H2,1H3/t20-/m0/s1. The molecule has 2 N–H and O–H groups in total. The van der Waals surface area contributed by atoms with Crippen molar-refractivity contribution >= 4 is 16.9 Å². The van der Waals surface area contributed by atoms with Gasteiger partial charge in [-0.1, -0.05) is 6.92 Å². The predicted molar refractivity (Wildman–Crippen MR) is 109 cm³/mol. The van der Waals surface area contributed by atoms with Crippen molar-refractivity contribution in [3.63, 3.8) is 0 Å². The van der Waals surface area contributed by atoms with Crippen LogP contribution in [0.3, 0.4) is 0 Å². The maximum atomic E-state index is 13.2. The van der Waals surface area contributed by atoms with Gasteiger partial charge in [-0.25, -0.2) is 9.78 Å². The summed E-state index contributed by atoms with van der Waals surface area (Å²) in [6, 6.07) is 5.47. The van der Waals surface area contributed by atoms with Gasteiger partial charge in [0.1, 0.15) is 6.61 Å². The van der Waals surface area contributed by atoms with Crippen molar-refractivity contribution in [3.05, 3.63) is 50.8 Å². The molecule has 0 saturated carbocycles. The number of carbonyl (C=O) groups excluding carboxylic acids is 1. The molecule has 5 heterocycles. The van der Waals surface area contributed by atoms with Crippen molar-refractivity contribution < 1.29 is 24.1 Å². The Kier molecular flexibility index (Phi) is 3.87. The third-order valence-corrected chi connectivity index (χ3v) is 6.12. The van der Waals surface area contributed by atoms with Crippen molar-refractivity contribution in [2.24, 2.45) is 0 Å². The summed E-state index contributed by atoms with van der Waals surface area (Å²) in [5, 5.41) is 14.6. The summed E-state index contributed by atoms with van der Waals surface area (Å²) in [6.45, 7) is 3.82. The lowest BCUT2D eigenvalue weighted by molar-refractivity contribution is -0.157. The normalized spacial score (nSPS) is 18.0. The molecule has 0 saturated heterocycles. The molecule has 0 aliphatic carbocycles. The summed E-state index contributed by atoms with van der Waals surface area (Å²) < 4.78 is 17.7. The summed E-state index contributed by atoms with van der Waals surface area (Å²) >= 11 is 0. The fraction of sp³-hybridized carbons (Fsp3) is 0.318. The Bertz CT molecular complexity index is 1350. The SMILES string of the molecule is CCNCc1c2c(nc3cc4c(cc13)OCO4)-c1cc3c(c(=O)n1C2)COC(=O)[C@H]3O. The highest BCUT2D eigenvalue weighted by Crippen LogP contribution is 2.42. The van der Waals surface area contributed by atoms with Crippen LogP contribution in [-0.4, -0.2) is 34.0 Å². The number of hydrogen-bond acceptors (Lipinski definition) is 8. The minimum absolute atomic E-state index is 0.137. The number of carbonyl (C=O) groups is 1. The van der Waals surface area contributed by atoms with Crippen LogP contribution in [-0.2, 0) is 29.2 Å². The second-order valence-electron chi connectivity index (χ2n) is 7.79. The van der Waals surface area contributed by atoms with Gasteiger partial charge >= 0.3 is 5.97 Å². The van der Waals surface area contributed by atoms with Gasteiger partial charge in [-0.15, -0.1) is 0 Å². The summed E-state index contributed by atoms with van der Waals surface area (Å²) in [5.41, 5.74) is 4.29. The number of ether oxygens (including phenoxy) is 3. The molecule has 9 heteroatoms.